The zero-order chi connectivity index (χ0) is 21.2. The van der Waals surface area contributed by atoms with Crippen molar-refractivity contribution in [3.05, 3.63) is 12.2 Å². The van der Waals surface area contributed by atoms with Crippen LogP contribution in [0.25, 0.3) is 0 Å². The summed E-state index contributed by atoms with van der Waals surface area (Å²) in [6, 6.07) is 0. The lowest BCUT2D eigenvalue weighted by atomic mass is 9.85. The van der Waals surface area contributed by atoms with Crippen LogP contribution in [0, 0.1) is 23.7 Å². The summed E-state index contributed by atoms with van der Waals surface area (Å²) < 4.78 is 5.17. The molecule has 4 unspecified atom stereocenters. The fourth-order valence-electron chi connectivity index (χ4n) is 4.35. The number of aliphatic imine (C=N–C) groups is 1. The van der Waals surface area contributed by atoms with Crippen molar-refractivity contribution in [2.75, 3.05) is 33.2 Å². The number of rotatable bonds is 6. The molecule has 0 spiro atoms. The number of nitrogens with zero attached hydrogens (tertiary/aromatic N) is 2. The smallest absolute Gasteiger partial charge is 0.407 e. The number of carbonyl (C=O) groups is 3. The molecule has 2 fully saturated rings. The first-order valence-corrected chi connectivity index (χ1v) is 10.2. The SMILES string of the molecule is CN=C(NCCNC(=O)OC(C)(C)C)NCCN1C(=O)C2C3C=CC(C3)C2C1=O.I. The largest absolute Gasteiger partial charge is 0.444 e. The summed E-state index contributed by atoms with van der Waals surface area (Å²) in [4.78, 5) is 42.4. The fourth-order valence-corrected chi connectivity index (χ4v) is 4.35. The Labute approximate surface area is 194 Å². The van der Waals surface area contributed by atoms with Gasteiger partial charge in [-0.15, -0.1) is 24.0 Å². The van der Waals surface area contributed by atoms with Gasteiger partial charge >= 0.3 is 6.09 Å². The number of fused-ring (bicyclic) bond motifs is 5. The third kappa shape index (κ3) is 5.44. The summed E-state index contributed by atoms with van der Waals surface area (Å²) in [5.74, 6) is 0.601. The van der Waals surface area contributed by atoms with Crippen molar-refractivity contribution in [3.8, 4) is 0 Å². The monoisotopic (exact) mass is 533 g/mol. The molecule has 3 amide bonds. The van der Waals surface area contributed by atoms with E-state index in [4.69, 9.17) is 4.74 Å². The molecule has 3 N–H and O–H groups in total. The van der Waals surface area contributed by atoms with Crippen LogP contribution in [0.3, 0.4) is 0 Å². The number of amides is 3. The van der Waals surface area contributed by atoms with E-state index in [-0.39, 0.29) is 59.5 Å². The molecule has 0 radical (unpaired) electrons. The van der Waals surface area contributed by atoms with E-state index in [0.29, 0.717) is 32.1 Å². The lowest BCUT2D eigenvalue weighted by molar-refractivity contribution is -0.140. The lowest BCUT2D eigenvalue weighted by Crippen LogP contribution is -2.45. The van der Waals surface area contributed by atoms with Crippen molar-refractivity contribution in [2.24, 2.45) is 28.7 Å². The maximum absolute atomic E-state index is 12.7. The topological polar surface area (TPSA) is 112 Å². The number of allylic oxidation sites excluding steroid dienone is 2. The molecular formula is C20H32IN5O4. The first-order valence-electron chi connectivity index (χ1n) is 10.2. The summed E-state index contributed by atoms with van der Waals surface area (Å²) in [6.07, 6.45) is 4.65. The van der Waals surface area contributed by atoms with Gasteiger partial charge < -0.3 is 20.7 Å². The number of imide groups is 1. The average molecular weight is 533 g/mol. The summed E-state index contributed by atoms with van der Waals surface area (Å²) >= 11 is 0. The Hall–Kier alpha value is -1.85. The Bertz CT molecular complexity index is 703. The van der Waals surface area contributed by atoms with Gasteiger partial charge in [0.15, 0.2) is 5.96 Å². The van der Waals surface area contributed by atoms with Crippen LogP contribution in [0.1, 0.15) is 27.2 Å². The predicted molar refractivity (Wildman–Crippen MR) is 123 cm³/mol. The van der Waals surface area contributed by atoms with E-state index < -0.39 is 11.7 Å². The first-order chi connectivity index (χ1) is 13.7. The van der Waals surface area contributed by atoms with Crippen LogP contribution in [0.4, 0.5) is 4.79 Å². The molecule has 4 atom stereocenters. The normalized spacial score (nSPS) is 27.1. The van der Waals surface area contributed by atoms with Gasteiger partial charge in [-0.3, -0.25) is 19.5 Å². The van der Waals surface area contributed by atoms with E-state index in [1.807, 2.05) is 0 Å². The van der Waals surface area contributed by atoms with E-state index in [1.54, 1.807) is 27.8 Å². The molecule has 1 aliphatic heterocycles. The van der Waals surface area contributed by atoms with Gasteiger partial charge in [0.25, 0.3) is 0 Å². The number of ether oxygens (including phenoxy) is 1. The number of likely N-dealkylation sites (tertiary alicyclic amines) is 1. The van der Waals surface area contributed by atoms with Crippen molar-refractivity contribution in [2.45, 2.75) is 32.8 Å². The highest BCUT2D eigenvalue weighted by Gasteiger charge is 2.58. The molecule has 168 valence electrons. The second kappa shape index (κ2) is 9.97. The second-order valence-electron chi connectivity index (χ2n) is 8.68. The van der Waals surface area contributed by atoms with Crippen LogP contribution < -0.4 is 16.0 Å². The highest BCUT2D eigenvalue weighted by atomic mass is 127. The molecule has 1 saturated carbocycles. The number of hydrogen-bond acceptors (Lipinski definition) is 5. The Morgan fingerprint density at radius 1 is 1.07 bits per heavy atom. The third-order valence-corrected chi connectivity index (χ3v) is 5.50. The minimum atomic E-state index is -0.534. The van der Waals surface area contributed by atoms with Gasteiger partial charge in [0.2, 0.25) is 11.8 Å². The van der Waals surface area contributed by atoms with Gasteiger partial charge in [0.05, 0.1) is 11.8 Å². The molecule has 10 heteroatoms. The first kappa shape index (κ1) is 24.4. The average Bonchev–Trinajstić information content (AvgIpc) is 3.31. The minimum absolute atomic E-state index is 0. The third-order valence-electron chi connectivity index (χ3n) is 5.50. The highest BCUT2D eigenvalue weighted by molar-refractivity contribution is 14.0. The molecule has 0 aromatic heterocycles. The van der Waals surface area contributed by atoms with Gasteiger partial charge in [0, 0.05) is 33.2 Å². The van der Waals surface area contributed by atoms with Gasteiger partial charge in [0.1, 0.15) is 5.60 Å². The van der Waals surface area contributed by atoms with Crippen molar-refractivity contribution >= 4 is 47.8 Å². The summed E-state index contributed by atoms with van der Waals surface area (Å²) in [6.45, 7) is 6.99. The molecule has 0 aromatic rings. The predicted octanol–water partition coefficient (Wildman–Crippen LogP) is 1.10. The fraction of sp³-hybridized carbons (Fsp3) is 0.700. The number of nitrogens with one attached hydrogen (secondary N) is 3. The Balaban J connectivity index is 0.00000320. The zero-order valence-electron chi connectivity index (χ0n) is 17.9. The standard InChI is InChI=1S/C20H31N5O4.HI/c1-20(2,3)29-19(28)24-8-7-22-18(21-4)23-9-10-25-16(26)14-12-5-6-13(11-12)15(14)17(25)27;/h5-6,12-15H,7-11H2,1-4H3,(H,24,28)(H2,21,22,23);1H. The summed E-state index contributed by atoms with van der Waals surface area (Å²) in [5.41, 5.74) is -0.534. The van der Waals surface area contributed by atoms with Crippen LogP contribution in [-0.2, 0) is 14.3 Å². The number of carbonyl (C=O) groups excluding carboxylic acids is 3. The highest BCUT2D eigenvalue weighted by Crippen LogP contribution is 2.52. The quantitative estimate of drug-likeness (QED) is 0.118. The van der Waals surface area contributed by atoms with Crippen molar-refractivity contribution < 1.29 is 19.1 Å². The summed E-state index contributed by atoms with van der Waals surface area (Å²) in [7, 11) is 1.64. The molecule has 2 aliphatic carbocycles. The molecule has 2 bridgehead atoms. The van der Waals surface area contributed by atoms with Gasteiger partial charge in [-0.25, -0.2) is 4.79 Å². The molecule has 1 heterocycles. The van der Waals surface area contributed by atoms with Crippen LogP contribution in [0.15, 0.2) is 17.1 Å². The Morgan fingerprint density at radius 3 is 2.13 bits per heavy atom. The van der Waals surface area contributed by atoms with E-state index >= 15 is 0 Å². The van der Waals surface area contributed by atoms with Crippen molar-refractivity contribution in [1.82, 2.24) is 20.9 Å². The Morgan fingerprint density at radius 2 is 1.60 bits per heavy atom. The second-order valence-corrected chi connectivity index (χ2v) is 8.68. The van der Waals surface area contributed by atoms with Gasteiger partial charge in [-0.1, -0.05) is 12.2 Å². The summed E-state index contributed by atoms with van der Waals surface area (Å²) in [5, 5.41) is 8.83. The number of hydrogen-bond donors (Lipinski definition) is 3. The molecule has 3 aliphatic rings. The van der Waals surface area contributed by atoms with E-state index in [2.05, 4.69) is 33.1 Å². The molecular weight excluding hydrogens is 501 g/mol. The van der Waals surface area contributed by atoms with E-state index in [0.717, 1.165) is 6.42 Å². The lowest BCUT2D eigenvalue weighted by Gasteiger charge is -2.20. The molecule has 9 nitrogen and oxygen atoms in total. The number of guanidine groups is 1. The van der Waals surface area contributed by atoms with E-state index in [1.165, 1.54) is 4.90 Å². The number of halogens is 1. The van der Waals surface area contributed by atoms with Crippen LogP contribution in [0.5, 0.6) is 0 Å². The van der Waals surface area contributed by atoms with Crippen LogP contribution in [0.2, 0.25) is 0 Å². The maximum Gasteiger partial charge on any atom is 0.407 e. The maximum atomic E-state index is 12.7. The van der Waals surface area contributed by atoms with Crippen molar-refractivity contribution in [1.29, 1.82) is 0 Å². The molecule has 0 aromatic carbocycles. The molecule has 1 saturated heterocycles. The minimum Gasteiger partial charge on any atom is -0.444 e. The Kier molecular flexibility index (Phi) is 8.12. The van der Waals surface area contributed by atoms with Crippen LogP contribution >= 0.6 is 24.0 Å². The van der Waals surface area contributed by atoms with Crippen molar-refractivity contribution in [3.63, 3.8) is 0 Å². The molecule has 30 heavy (non-hydrogen) atoms. The van der Waals surface area contributed by atoms with E-state index in [9.17, 15) is 14.4 Å². The van der Waals surface area contributed by atoms with Gasteiger partial charge in [-0.2, -0.15) is 0 Å². The van der Waals surface area contributed by atoms with Crippen LogP contribution in [-0.4, -0.2) is 67.6 Å². The van der Waals surface area contributed by atoms with Gasteiger partial charge in [-0.05, 0) is 39.0 Å². The molecule has 3 rings (SSSR count). The zero-order valence-corrected chi connectivity index (χ0v) is 20.3. The number of alkyl carbamates (subject to hydrolysis) is 1.